The zero-order valence-corrected chi connectivity index (χ0v) is 18.8. The van der Waals surface area contributed by atoms with Crippen LogP contribution in [0, 0.1) is 6.92 Å². The van der Waals surface area contributed by atoms with Crippen LogP contribution in [0.3, 0.4) is 0 Å². The number of aryl methyl sites for hydroxylation is 1. The van der Waals surface area contributed by atoms with E-state index in [9.17, 15) is 9.59 Å². The first-order valence-electron chi connectivity index (χ1n) is 9.59. The Morgan fingerprint density at radius 1 is 1.13 bits per heavy atom. The molecule has 0 radical (unpaired) electrons. The zero-order valence-electron chi connectivity index (χ0n) is 17.2. The van der Waals surface area contributed by atoms with Gasteiger partial charge in [0.15, 0.2) is 11.8 Å². The van der Waals surface area contributed by atoms with E-state index in [1.165, 1.54) is 11.3 Å². The summed E-state index contributed by atoms with van der Waals surface area (Å²) in [6.45, 7) is 7.61. The van der Waals surface area contributed by atoms with Crippen molar-refractivity contribution < 1.29 is 14.3 Å². The largest absolute Gasteiger partial charge is 0.448 e. The molecule has 0 aliphatic rings. The average molecular weight is 443 g/mol. The van der Waals surface area contributed by atoms with Crippen molar-refractivity contribution in [3.8, 4) is 10.6 Å². The lowest BCUT2D eigenvalue weighted by molar-refractivity contribution is -0.123. The maximum absolute atomic E-state index is 12.6. The van der Waals surface area contributed by atoms with Gasteiger partial charge in [-0.05, 0) is 43.0 Å². The number of nitrogens with zero attached hydrogens (tertiary/aromatic N) is 1. The molecule has 0 saturated heterocycles. The summed E-state index contributed by atoms with van der Waals surface area (Å²) in [7, 11) is 0. The molecule has 2 aromatic carbocycles. The second-order valence-corrected chi connectivity index (χ2v) is 8.57. The van der Waals surface area contributed by atoms with Crippen molar-refractivity contribution in [3.63, 3.8) is 0 Å². The molecule has 1 N–H and O–H groups in total. The van der Waals surface area contributed by atoms with Crippen molar-refractivity contribution in [2.45, 2.75) is 39.7 Å². The quantitative estimate of drug-likeness (QED) is 0.470. The molecule has 1 aromatic heterocycles. The summed E-state index contributed by atoms with van der Waals surface area (Å²) in [5.74, 6) is -0.779. The first kappa shape index (κ1) is 22.0. The van der Waals surface area contributed by atoms with Gasteiger partial charge in [-0.2, -0.15) is 0 Å². The van der Waals surface area contributed by atoms with Crippen LogP contribution in [0.15, 0.2) is 47.8 Å². The number of thiazole rings is 1. The Labute approximate surface area is 185 Å². The van der Waals surface area contributed by atoms with Gasteiger partial charge in [0, 0.05) is 21.7 Å². The van der Waals surface area contributed by atoms with E-state index in [4.69, 9.17) is 16.3 Å². The number of aromatic nitrogens is 1. The molecule has 3 aromatic rings. The van der Waals surface area contributed by atoms with Crippen molar-refractivity contribution in [1.82, 2.24) is 4.98 Å². The van der Waals surface area contributed by atoms with Gasteiger partial charge in [0.25, 0.3) is 5.91 Å². The van der Waals surface area contributed by atoms with Crippen LogP contribution in [-0.4, -0.2) is 23.0 Å². The topological polar surface area (TPSA) is 68.3 Å². The van der Waals surface area contributed by atoms with Gasteiger partial charge in [-0.3, -0.25) is 4.79 Å². The molecule has 1 heterocycles. The van der Waals surface area contributed by atoms with Gasteiger partial charge in [0.2, 0.25) is 0 Å². The van der Waals surface area contributed by atoms with E-state index < -0.39 is 12.1 Å². The lowest BCUT2D eigenvalue weighted by Crippen LogP contribution is -2.30. The predicted octanol–water partition coefficient (Wildman–Crippen LogP) is 6.08. The fraction of sp³-hybridized carbons (Fsp3) is 0.261. The number of ether oxygens (including phenoxy) is 1. The Hall–Kier alpha value is -2.70. The summed E-state index contributed by atoms with van der Waals surface area (Å²) in [5.41, 5.74) is 3.73. The average Bonchev–Trinajstić information content (AvgIpc) is 3.19. The first-order chi connectivity index (χ1) is 14.3. The third-order valence-electron chi connectivity index (χ3n) is 4.61. The Morgan fingerprint density at radius 2 is 1.87 bits per heavy atom. The molecule has 5 nitrogen and oxygen atoms in total. The van der Waals surface area contributed by atoms with Crippen LogP contribution in [0.4, 0.5) is 5.69 Å². The van der Waals surface area contributed by atoms with Crippen molar-refractivity contribution in [1.29, 1.82) is 0 Å². The van der Waals surface area contributed by atoms with Gasteiger partial charge in [0.1, 0.15) is 5.01 Å². The smallest absolute Gasteiger partial charge is 0.358 e. The molecule has 3 rings (SSSR count). The molecule has 0 bridgehead atoms. The molecule has 156 valence electrons. The van der Waals surface area contributed by atoms with Gasteiger partial charge in [-0.25, -0.2) is 9.78 Å². The van der Waals surface area contributed by atoms with Crippen LogP contribution in [0.25, 0.3) is 10.6 Å². The number of halogens is 1. The SMILES string of the molecule is Cc1cccc(C(C)C)c1NC(=O)C(C)OC(=O)c1csc(-c2cccc(Cl)c2)n1. The second-order valence-electron chi connectivity index (χ2n) is 7.28. The fourth-order valence-corrected chi connectivity index (χ4v) is 3.94. The molecular weight excluding hydrogens is 420 g/mol. The standard InChI is InChI=1S/C23H23ClN2O3S/c1-13(2)18-10-5-7-14(3)20(18)26-21(27)15(4)29-23(28)19-12-30-22(25-19)16-8-6-9-17(24)11-16/h5-13,15H,1-4H3,(H,26,27). The number of carbonyl (C=O) groups excluding carboxylic acids is 2. The number of nitrogens with one attached hydrogen (secondary N) is 1. The molecule has 0 aliphatic carbocycles. The highest BCUT2D eigenvalue weighted by molar-refractivity contribution is 7.13. The molecule has 0 saturated carbocycles. The molecule has 0 spiro atoms. The van der Waals surface area contributed by atoms with Crippen molar-refractivity contribution in [2.24, 2.45) is 0 Å². The molecular formula is C23H23ClN2O3S. The van der Waals surface area contributed by atoms with Gasteiger partial charge >= 0.3 is 5.97 Å². The van der Waals surface area contributed by atoms with Crippen LogP contribution in [-0.2, 0) is 9.53 Å². The number of para-hydroxylation sites is 1. The highest BCUT2D eigenvalue weighted by Crippen LogP contribution is 2.28. The van der Waals surface area contributed by atoms with Crippen LogP contribution >= 0.6 is 22.9 Å². The molecule has 0 fully saturated rings. The maximum Gasteiger partial charge on any atom is 0.358 e. The predicted molar refractivity (Wildman–Crippen MR) is 121 cm³/mol. The summed E-state index contributed by atoms with van der Waals surface area (Å²) >= 11 is 7.33. The Bertz CT molecular complexity index is 1080. The summed E-state index contributed by atoms with van der Waals surface area (Å²) < 4.78 is 5.35. The molecule has 1 unspecified atom stereocenters. The molecule has 0 aliphatic heterocycles. The summed E-state index contributed by atoms with van der Waals surface area (Å²) in [6, 6.07) is 13.1. The van der Waals surface area contributed by atoms with E-state index in [-0.39, 0.29) is 17.5 Å². The zero-order chi connectivity index (χ0) is 21.8. The number of amides is 1. The van der Waals surface area contributed by atoms with Crippen LogP contribution in [0.5, 0.6) is 0 Å². The van der Waals surface area contributed by atoms with Gasteiger partial charge < -0.3 is 10.1 Å². The fourth-order valence-electron chi connectivity index (χ4n) is 2.96. The minimum absolute atomic E-state index is 0.161. The van der Waals surface area contributed by atoms with Crippen molar-refractivity contribution >= 4 is 40.5 Å². The number of benzene rings is 2. The first-order valence-corrected chi connectivity index (χ1v) is 10.8. The minimum atomic E-state index is -0.964. The lowest BCUT2D eigenvalue weighted by atomic mass is 9.98. The molecule has 7 heteroatoms. The van der Waals surface area contributed by atoms with Crippen molar-refractivity contribution in [2.75, 3.05) is 5.32 Å². The van der Waals surface area contributed by atoms with E-state index in [1.807, 2.05) is 37.3 Å². The van der Waals surface area contributed by atoms with Crippen LogP contribution < -0.4 is 5.32 Å². The Morgan fingerprint density at radius 3 is 2.57 bits per heavy atom. The van der Waals surface area contributed by atoms with E-state index in [0.29, 0.717) is 10.0 Å². The van der Waals surface area contributed by atoms with Gasteiger partial charge in [-0.1, -0.05) is 55.8 Å². The number of hydrogen-bond donors (Lipinski definition) is 1. The normalized spacial score (nSPS) is 11.9. The molecule has 1 amide bonds. The Kier molecular flexibility index (Phi) is 6.90. The number of hydrogen-bond acceptors (Lipinski definition) is 5. The third kappa shape index (κ3) is 5.07. The minimum Gasteiger partial charge on any atom is -0.448 e. The van der Waals surface area contributed by atoms with Gasteiger partial charge in [-0.15, -0.1) is 11.3 Å². The molecule has 30 heavy (non-hydrogen) atoms. The highest BCUT2D eigenvalue weighted by Gasteiger charge is 2.22. The third-order valence-corrected chi connectivity index (χ3v) is 5.74. The lowest BCUT2D eigenvalue weighted by Gasteiger charge is -2.18. The van der Waals surface area contributed by atoms with E-state index in [2.05, 4.69) is 24.1 Å². The summed E-state index contributed by atoms with van der Waals surface area (Å²) in [4.78, 5) is 29.5. The van der Waals surface area contributed by atoms with E-state index in [0.717, 1.165) is 22.4 Å². The second kappa shape index (κ2) is 9.41. The number of carbonyl (C=O) groups is 2. The monoisotopic (exact) mass is 442 g/mol. The summed E-state index contributed by atoms with van der Waals surface area (Å²) in [6.07, 6.45) is -0.964. The van der Waals surface area contributed by atoms with Crippen molar-refractivity contribution in [3.05, 3.63) is 69.7 Å². The Balaban J connectivity index is 1.69. The van der Waals surface area contributed by atoms with E-state index in [1.54, 1.807) is 24.4 Å². The van der Waals surface area contributed by atoms with Crippen LogP contribution in [0.2, 0.25) is 5.02 Å². The van der Waals surface area contributed by atoms with Gasteiger partial charge in [0.05, 0.1) is 0 Å². The van der Waals surface area contributed by atoms with E-state index >= 15 is 0 Å². The maximum atomic E-state index is 12.6. The molecule has 1 atom stereocenters. The number of anilines is 1. The van der Waals surface area contributed by atoms with Crippen LogP contribution in [0.1, 0.15) is 48.3 Å². The highest BCUT2D eigenvalue weighted by atomic mass is 35.5. The number of esters is 1. The summed E-state index contributed by atoms with van der Waals surface area (Å²) in [5, 5.41) is 5.77. The number of rotatable bonds is 6.